The maximum absolute atomic E-state index is 5.92. The molecule has 0 fully saturated rings. The predicted octanol–water partition coefficient (Wildman–Crippen LogP) is 4.45. The molecule has 4 nitrogen and oxygen atoms in total. The van der Waals surface area contributed by atoms with Crippen LogP contribution >= 0.6 is 11.8 Å². The third-order valence-electron chi connectivity index (χ3n) is 2.92. The van der Waals surface area contributed by atoms with E-state index in [-0.39, 0.29) is 5.60 Å². The zero-order valence-corrected chi connectivity index (χ0v) is 15.1. The van der Waals surface area contributed by atoms with Gasteiger partial charge in [0.1, 0.15) is 11.4 Å². The molecule has 0 aromatic heterocycles. The van der Waals surface area contributed by atoms with Gasteiger partial charge in [0.25, 0.3) is 0 Å². The number of rotatable bonds is 5. The van der Waals surface area contributed by atoms with Crippen molar-refractivity contribution in [2.75, 3.05) is 0 Å². The zero-order chi connectivity index (χ0) is 17.4. The maximum atomic E-state index is 5.92. The van der Waals surface area contributed by atoms with Gasteiger partial charge in [-0.15, -0.1) is 5.10 Å². The molecule has 0 aliphatic heterocycles. The number of para-hydroxylation sites is 1. The molecule has 0 unspecified atom stereocenters. The molecule has 0 spiro atoms. The summed E-state index contributed by atoms with van der Waals surface area (Å²) in [6.45, 7) is 6.03. The Morgan fingerprint density at radius 1 is 1.08 bits per heavy atom. The molecule has 0 aliphatic rings. The largest absolute Gasteiger partial charge is 0.487 e. The fraction of sp³-hybridized carbons (Fsp3) is 0.263. The molecule has 0 aliphatic carbocycles. The second-order valence-corrected chi connectivity index (χ2v) is 7.20. The fourth-order valence-corrected chi connectivity index (χ4v) is 2.53. The summed E-state index contributed by atoms with van der Waals surface area (Å²) in [7, 11) is 0. The Morgan fingerprint density at radius 2 is 1.75 bits per heavy atom. The van der Waals surface area contributed by atoms with Crippen LogP contribution in [0.4, 0.5) is 0 Å². The number of amidine groups is 1. The van der Waals surface area contributed by atoms with Crippen molar-refractivity contribution in [1.29, 1.82) is 0 Å². The predicted molar refractivity (Wildman–Crippen MR) is 104 cm³/mol. The molecule has 2 aromatic rings. The van der Waals surface area contributed by atoms with Gasteiger partial charge in [-0.3, -0.25) is 0 Å². The lowest BCUT2D eigenvalue weighted by atomic mass is 10.1. The molecule has 0 bridgehead atoms. The van der Waals surface area contributed by atoms with Crippen molar-refractivity contribution < 1.29 is 4.74 Å². The number of hydrogen-bond donors (Lipinski definition) is 1. The highest BCUT2D eigenvalue weighted by atomic mass is 32.2. The van der Waals surface area contributed by atoms with Crippen LogP contribution in [0.5, 0.6) is 5.75 Å². The normalized spacial score (nSPS) is 12.5. The van der Waals surface area contributed by atoms with Gasteiger partial charge in [0.2, 0.25) is 0 Å². The molecule has 2 rings (SSSR count). The van der Waals surface area contributed by atoms with Crippen molar-refractivity contribution in [2.45, 2.75) is 32.1 Å². The van der Waals surface area contributed by atoms with Gasteiger partial charge in [-0.25, -0.2) is 0 Å². The first-order valence-electron chi connectivity index (χ1n) is 7.75. The summed E-state index contributed by atoms with van der Waals surface area (Å²) in [5, 5.41) is 8.56. The van der Waals surface area contributed by atoms with Gasteiger partial charge >= 0.3 is 0 Å². The minimum absolute atomic E-state index is 0.266. The quantitative estimate of drug-likeness (QED) is 0.497. The van der Waals surface area contributed by atoms with E-state index in [1.165, 1.54) is 17.3 Å². The van der Waals surface area contributed by atoms with Gasteiger partial charge in [0.05, 0.1) is 6.21 Å². The van der Waals surface area contributed by atoms with Crippen molar-refractivity contribution in [3.05, 3.63) is 65.7 Å². The number of thioether (sulfide) groups is 1. The van der Waals surface area contributed by atoms with Crippen LogP contribution in [0.25, 0.3) is 0 Å². The van der Waals surface area contributed by atoms with E-state index in [2.05, 4.69) is 22.3 Å². The summed E-state index contributed by atoms with van der Waals surface area (Å²) in [5.74, 6) is 1.55. The van der Waals surface area contributed by atoms with Crippen molar-refractivity contribution >= 4 is 23.1 Å². The van der Waals surface area contributed by atoms with E-state index in [1.807, 2.05) is 63.2 Å². The molecule has 0 heterocycles. The Bertz CT molecular complexity index is 706. The van der Waals surface area contributed by atoms with Crippen LogP contribution in [0.15, 0.2) is 64.8 Å². The van der Waals surface area contributed by atoms with Crippen LogP contribution < -0.4 is 10.5 Å². The first kappa shape index (κ1) is 18.1. The number of benzene rings is 2. The molecule has 0 saturated heterocycles. The summed E-state index contributed by atoms with van der Waals surface area (Å²) >= 11 is 1.46. The Balaban J connectivity index is 1.97. The molecular weight excluding hydrogens is 318 g/mol. The van der Waals surface area contributed by atoms with Crippen molar-refractivity contribution in [1.82, 2.24) is 0 Å². The molecule has 0 atom stereocenters. The number of nitrogens with two attached hydrogens (primary N) is 1. The summed E-state index contributed by atoms with van der Waals surface area (Å²) in [6, 6.07) is 17.9. The first-order valence-corrected chi connectivity index (χ1v) is 8.74. The van der Waals surface area contributed by atoms with Crippen molar-refractivity contribution in [3.63, 3.8) is 0 Å². The number of nitrogens with zero attached hydrogens (tertiary/aromatic N) is 2. The second kappa shape index (κ2) is 8.55. The number of hydrogen-bond acceptors (Lipinski definition) is 4. The molecular formula is C19H23N3OS. The topological polar surface area (TPSA) is 60.0 Å². The van der Waals surface area contributed by atoms with Crippen LogP contribution in [0, 0.1) is 0 Å². The van der Waals surface area contributed by atoms with Gasteiger partial charge in [-0.1, -0.05) is 54.2 Å². The van der Waals surface area contributed by atoms with Crippen LogP contribution in [0.2, 0.25) is 0 Å². The zero-order valence-electron chi connectivity index (χ0n) is 14.3. The molecule has 5 heteroatoms. The average molecular weight is 341 g/mol. The summed E-state index contributed by atoms with van der Waals surface area (Å²) in [5.41, 5.74) is 7.70. The molecule has 2 aromatic carbocycles. The molecule has 0 radical (unpaired) electrons. The van der Waals surface area contributed by atoms with Gasteiger partial charge in [0.15, 0.2) is 5.17 Å². The minimum atomic E-state index is -0.266. The van der Waals surface area contributed by atoms with Gasteiger partial charge in [-0.2, -0.15) is 5.10 Å². The lowest BCUT2D eigenvalue weighted by molar-refractivity contribution is 0.130. The monoisotopic (exact) mass is 341 g/mol. The highest BCUT2D eigenvalue weighted by Gasteiger charge is 2.13. The smallest absolute Gasteiger partial charge is 0.180 e. The lowest BCUT2D eigenvalue weighted by Crippen LogP contribution is -2.23. The molecule has 2 N–H and O–H groups in total. The van der Waals surface area contributed by atoms with E-state index < -0.39 is 0 Å². The fourth-order valence-electron chi connectivity index (χ4n) is 1.92. The Labute approximate surface area is 147 Å². The Morgan fingerprint density at radius 3 is 2.46 bits per heavy atom. The minimum Gasteiger partial charge on any atom is -0.487 e. The van der Waals surface area contributed by atoms with Gasteiger partial charge in [-0.05, 0) is 38.5 Å². The summed E-state index contributed by atoms with van der Waals surface area (Å²) < 4.78 is 5.92. The summed E-state index contributed by atoms with van der Waals surface area (Å²) in [4.78, 5) is 0. The number of ether oxygens (including phenoxy) is 1. The van der Waals surface area contributed by atoms with Crippen molar-refractivity contribution in [2.24, 2.45) is 15.9 Å². The van der Waals surface area contributed by atoms with Gasteiger partial charge in [0, 0.05) is 11.3 Å². The van der Waals surface area contributed by atoms with E-state index in [0.29, 0.717) is 5.17 Å². The average Bonchev–Trinajstić information content (AvgIpc) is 2.54. The maximum Gasteiger partial charge on any atom is 0.180 e. The van der Waals surface area contributed by atoms with Crippen LogP contribution in [-0.4, -0.2) is 17.0 Å². The highest BCUT2D eigenvalue weighted by Crippen LogP contribution is 2.21. The SMILES string of the molecule is CC(C)(C)Oc1ccccc1C=NN=C(N)SCc1ccccc1. The Kier molecular flexibility index (Phi) is 6.44. The highest BCUT2D eigenvalue weighted by molar-refractivity contribution is 8.13. The third-order valence-corrected chi connectivity index (χ3v) is 3.77. The molecule has 0 saturated carbocycles. The molecule has 126 valence electrons. The van der Waals surface area contributed by atoms with E-state index in [1.54, 1.807) is 6.21 Å². The van der Waals surface area contributed by atoms with Crippen LogP contribution in [0.3, 0.4) is 0 Å². The van der Waals surface area contributed by atoms with Crippen molar-refractivity contribution in [3.8, 4) is 5.75 Å². The van der Waals surface area contributed by atoms with E-state index in [9.17, 15) is 0 Å². The summed E-state index contributed by atoms with van der Waals surface area (Å²) in [6.07, 6.45) is 1.66. The standard InChI is InChI=1S/C19H23N3OS/c1-19(2,3)23-17-12-8-7-11-16(17)13-21-22-18(20)24-14-15-9-5-4-6-10-15/h4-13H,14H2,1-3H3,(H2,20,22). The van der Waals surface area contributed by atoms with Gasteiger partial charge < -0.3 is 10.5 Å². The lowest BCUT2D eigenvalue weighted by Gasteiger charge is -2.22. The Hall–Kier alpha value is -2.27. The molecule has 24 heavy (non-hydrogen) atoms. The van der Waals surface area contributed by atoms with E-state index in [4.69, 9.17) is 10.5 Å². The third kappa shape index (κ3) is 6.46. The van der Waals surface area contributed by atoms with Crippen LogP contribution in [-0.2, 0) is 5.75 Å². The molecule has 0 amide bonds. The van der Waals surface area contributed by atoms with Crippen LogP contribution in [0.1, 0.15) is 31.9 Å². The second-order valence-electron chi connectivity index (χ2n) is 6.21. The van der Waals surface area contributed by atoms with E-state index >= 15 is 0 Å². The van der Waals surface area contributed by atoms with E-state index in [0.717, 1.165) is 17.1 Å². The first-order chi connectivity index (χ1) is 11.4.